The molecule has 1 fully saturated rings. The van der Waals surface area contributed by atoms with Crippen molar-refractivity contribution < 1.29 is 4.79 Å². The molecule has 1 amide bonds. The lowest BCUT2D eigenvalue weighted by atomic mass is 10.0. The van der Waals surface area contributed by atoms with Gasteiger partial charge >= 0.3 is 0 Å². The summed E-state index contributed by atoms with van der Waals surface area (Å²) in [4.78, 5) is 21.4. The van der Waals surface area contributed by atoms with Gasteiger partial charge in [-0.3, -0.25) is 9.69 Å². The fourth-order valence-electron chi connectivity index (χ4n) is 3.26. The number of pyridine rings is 1. The molecule has 4 rings (SSSR count). The number of aromatic nitrogens is 4. The Morgan fingerprint density at radius 3 is 2.84 bits per heavy atom. The zero-order chi connectivity index (χ0) is 17.2. The molecule has 128 valence electrons. The van der Waals surface area contributed by atoms with Gasteiger partial charge in [-0.2, -0.15) is 10.3 Å². The molecule has 1 N–H and O–H groups in total. The van der Waals surface area contributed by atoms with Crippen LogP contribution in [0, 0.1) is 0 Å². The second kappa shape index (κ2) is 6.60. The molecule has 2 aromatic heterocycles. The van der Waals surface area contributed by atoms with E-state index in [0.717, 1.165) is 13.0 Å². The maximum Gasteiger partial charge on any atom is 0.272 e. The molecule has 1 saturated heterocycles. The Hall–Kier alpha value is -2.80. The summed E-state index contributed by atoms with van der Waals surface area (Å²) < 4.78 is 0. The molecular formula is C18H20N6O. The van der Waals surface area contributed by atoms with E-state index in [9.17, 15) is 4.79 Å². The minimum Gasteiger partial charge on any atom is -0.334 e. The van der Waals surface area contributed by atoms with E-state index in [1.54, 1.807) is 12.1 Å². The summed E-state index contributed by atoms with van der Waals surface area (Å²) in [5.41, 5.74) is 2.85. The average Bonchev–Trinajstić information content (AvgIpc) is 3.11. The maximum atomic E-state index is 12.9. The molecule has 0 aliphatic carbocycles. The van der Waals surface area contributed by atoms with Gasteiger partial charge in [0, 0.05) is 25.7 Å². The van der Waals surface area contributed by atoms with Crippen LogP contribution >= 0.6 is 0 Å². The molecule has 1 aliphatic heterocycles. The molecule has 25 heavy (non-hydrogen) atoms. The number of carbonyl (C=O) groups is 1. The molecule has 0 bridgehead atoms. The molecule has 7 nitrogen and oxygen atoms in total. The molecule has 1 aromatic carbocycles. The highest BCUT2D eigenvalue weighted by Crippen LogP contribution is 2.16. The van der Waals surface area contributed by atoms with Crippen LogP contribution < -0.4 is 0 Å². The highest BCUT2D eigenvalue weighted by molar-refractivity contribution is 5.94. The quantitative estimate of drug-likeness (QED) is 0.781. The zero-order valence-electron chi connectivity index (χ0n) is 14.1. The Kier molecular flexibility index (Phi) is 4.15. The Labute approximate surface area is 145 Å². The van der Waals surface area contributed by atoms with Crippen molar-refractivity contribution in [3.05, 3.63) is 53.7 Å². The van der Waals surface area contributed by atoms with Gasteiger partial charge in [0.1, 0.15) is 11.2 Å². The lowest BCUT2D eigenvalue weighted by Gasteiger charge is -2.39. The third-order valence-corrected chi connectivity index (χ3v) is 4.78. The molecule has 0 spiro atoms. The van der Waals surface area contributed by atoms with Gasteiger partial charge in [-0.15, -0.1) is 5.10 Å². The van der Waals surface area contributed by atoms with Crippen molar-refractivity contribution >= 4 is 17.1 Å². The molecule has 0 saturated carbocycles. The second-order valence-electron chi connectivity index (χ2n) is 6.44. The van der Waals surface area contributed by atoms with Crippen LogP contribution in [-0.2, 0) is 6.42 Å². The summed E-state index contributed by atoms with van der Waals surface area (Å²) in [7, 11) is 2.12. The predicted molar refractivity (Wildman–Crippen MR) is 94.2 cm³/mol. The van der Waals surface area contributed by atoms with E-state index < -0.39 is 0 Å². The van der Waals surface area contributed by atoms with Gasteiger partial charge in [0.2, 0.25) is 5.65 Å². The van der Waals surface area contributed by atoms with Crippen molar-refractivity contribution in [3.8, 4) is 0 Å². The van der Waals surface area contributed by atoms with E-state index in [2.05, 4.69) is 56.6 Å². The van der Waals surface area contributed by atoms with Crippen LogP contribution in [0.1, 0.15) is 16.1 Å². The first-order valence-corrected chi connectivity index (χ1v) is 8.41. The number of carbonyl (C=O) groups excluding carboxylic acids is 1. The van der Waals surface area contributed by atoms with Crippen LogP contribution in [0.5, 0.6) is 0 Å². The highest BCUT2D eigenvalue weighted by Gasteiger charge is 2.28. The van der Waals surface area contributed by atoms with E-state index in [-0.39, 0.29) is 5.91 Å². The van der Waals surface area contributed by atoms with Gasteiger partial charge in [0.05, 0.1) is 0 Å². The number of fused-ring (bicyclic) bond motifs is 1. The smallest absolute Gasteiger partial charge is 0.272 e. The van der Waals surface area contributed by atoms with E-state index in [1.165, 1.54) is 5.56 Å². The minimum absolute atomic E-state index is 0.0453. The molecular weight excluding hydrogens is 316 g/mol. The summed E-state index contributed by atoms with van der Waals surface area (Å²) in [5.74, 6) is -0.0453. The van der Waals surface area contributed by atoms with Gasteiger partial charge < -0.3 is 4.90 Å². The third-order valence-electron chi connectivity index (χ3n) is 4.78. The average molecular weight is 336 g/mol. The van der Waals surface area contributed by atoms with Crippen molar-refractivity contribution in [3.63, 3.8) is 0 Å². The summed E-state index contributed by atoms with van der Waals surface area (Å²) in [5, 5.41) is 10.5. The highest BCUT2D eigenvalue weighted by atomic mass is 16.2. The molecule has 1 atom stereocenters. The lowest BCUT2D eigenvalue weighted by molar-refractivity contribution is 0.0542. The molecule has 3 heterocycles. The Bertz CT molecular complexity index is 877. The number of aromatic amines is 1. The minimum atomic E-state index is -0.0453. The van der Waals surface area contributed by atoms with E-state index in [1.807, 2.05) is 11.0 Å². The SMILES string of the molecule is CN1CCN(C(=O)c2ccc3n[nH]nc3n2)C[C@@H]1Cc1ccccc1. The van der Waals surface area contributed by atoms with Crippen LogP contribution in [0.2, 0.25) is 0 Å². The van der Waals surface area contributed by atoms with E-state index >= 15 is 0 Å². The second-order valence-corrected chi connectivity index (χ2v) is 6.44. The monoisotopic (exact) mass is 336 g/mol. The van der Waals surface area contributed by atoms with Crippen molar-refractivity contribution in [1.82, 2.24) is 30.2 Å². The number of rotatable bonds is 3. The van der Waals surface area contributed by atoms with Crippen LogP contribution in [0.15, 0.2) is 42.5 Å². The van der Waals surface area contributed by atoms with Gasteiger partial charge in [-0.25, -0.2) is 4.98 Å². The predicted octanol–water partition coefficient (Wildman–Crippen LogP) is 1.35. The summed E-state index contributed by atoms with van der Waals surface area (Å²) >= 11 is 0. The first-order chi connectivity index (χ1) is 12.2. The first-order valence-electron chi connectivity index (χ1n) is 8.41. The van der Waals surface area contributed by atoms with Gasteiger partial charge in [0.15, 0.2) is 0 Å². The fourth-order valence-corrected chi connectivity index (χ4v) is 3.26. The van der Waals surface area contributed by atoms with Gasteiger partial charge in [0.25, 0.3) is 5.91 Å². The largest absolute Gasteiger partial charge is 0.334 e. The number of hydrogen-bond donors (Lipinski definition) is 1. The van der Waals surface area contributed by atoms with E-state index in [0.29, 0.717) is 36.0 Å². The molecule has 1 aliphatic rings. The summed E-state index contributed by atoms with van der Waals surface area (Å²) in [6.45, 7) is 2.26. The van der Waals surface area contributed by atoms with Crippen LogP contribution in [-0.4, -0.2) is 68.8 Å². The molecule has 3 aromatic rings. The van der Waals surface area contributed by atoms with Crippen LogP contribution in [0.4, 0.5) is 0 Å². The number of nitrogens with zero attached hydrogens (tertiary/aromatic N) is 5. The summed E-state index contributed by atoms with van der Waals surface area (Å²) in [6, 6.07) is 14.2. The lowest BCUT2D eigenvalue weighted by Crippen LogP contribution is -2.54. The molecule has 7 heteroatoms. The fraction of sp³-hybridized carbons (Fsp3) is 0.333. The number of H-pyrrole nitrogens is 1. The third kappa shape index (κ3) is 3.23. The normalized spacial score (nSPS) is 18.6. The van der Waals surface area contributed by atoms with E-state index in [4.69, 9.17) is 0 Å². The zero-order valence-corrected chi connectivity index (χ0v) is 14.1. The molecule has 0 radical (unpaired) electrons. The Morgan fingerprint density at radius 2 is 2.00 bits per heavy atom. The summed E-state index contributed by atoms with van der Waals surface area (Å²) in [6.07, 6.45) is 0.927. The Balaban J connectivity index is 1.50. The standard InChI is InChI=1S/C18H20N6O/c1-23-9-10-24(12-14(23)11-13-5-3-2-4-6-13)18(25)16-8-7-15-17(19-16)21-22-20-15/h2-8,14H,9-12H2,1H3,(H,19,20,21,22)/t14-/m0/s1. The number of piperazine rings is 1. The topological polar surface area (TPSA) is 78.0 Å². The van der Waals surface area contributed by atoms with Crippen molar-refractivity contribution in [1.29, 1.82) is 0 Å². The first kappa shape index (κ1) is 15.7. The van der Waals surface area contributed by atoms with Crippen molar-refractivity contribution in [2.45, 2.75) is 12.5 Å². The van der Waals surface area contributed by atoms with Gasteiger partial charge in [-0.05, 0) is 31.2 Å². The number of nitrogens with one attached hydrogen (secondary N) is 1. The van der Waals surface area contributed by atoms with Crippen molar-refractivity contribution in [2.24, 2.45) is 0 Å². The Morgan fingerprint density at radius 1 is 1.16 bits per heavy atom. The molecule has 0 unspecified atom stereocenters. The number of hydrogen-bond acceptors (Lipinski definition) is 5. The van der Waals surface area contributed by atoms with Crippen molar-refractivity contribution in [2.75, 3.05) is 26.7 Å². The van der Waals surface area contributed by atoms with Gasteiger partial charge in [-0.1, -0.05) is 30.3 Å². The number of likely N-dealkylation sites (N-methyl/N-ethyl adjacent to an activating group) is 1. The van der Waals surface area contributed by atoms with Crippen LogP contribution in [0.3, 0.4) is 0 Å². The number of amides is 1. The van der Waals surface area contributed by atoms with Crippen LogP contribution in [0.25, 0.3) is 11.2 Å². The number of benzene rings is 1. The maximum absolute atomic E-state index is 12.9.